The zero-order chi connectivity index (χ0) is 23.2. The van der Waals surface area contributed by atoms with Crippen LogP contribution in [0.2, 0.25) is 5.02 Å². The standard InChI is InChI=1S/C20H19ClN2O8/c1-4-5-2-7(21)13(22)16(27)10(5)15(26)12-9(4)14(25)6-3-8(24)11(19(23)30)17(28)20(6,31)18(12)29/h2,4,6,9,11-12,14,25,27,31H,3,22H2,1H3,(H2,23,30)/t4-,6+,9+,11?,12?,14-,20+/m0/s1. The number of rotatable bonds is 1. The Morgan fingerprint density at radius 3 is 2.42 bits per heavy atom. The van der Waals surface area contributed by atoms with Gasteiger partial charge in [-0.15, -0.1) is 0 Å². The quantitative estimate of drug-likeness (QED) is 0.204. The molecule has 2 saturated carbocycles. The number of aliphatic hydroxyl groups excluding tert-OH is 1. The van der Waals surface area contributed by atoms with Crippen LogP contribution in [0, 0.1) is 23.7 Å². The topological polar surface area (TPSA) is 198 Å². The molecule has 0 aliphatic heterocycles. The fourth-order valence-electron chi connectivity index (χ4n) is 5.40. The largest absolute Gasteiger partial charge is 0.505 e. The minimum Gasteiger partial charge on any atom is -0.505 e. The van der Waals surface area contributed by atoms with Crippen molar-refractivity contribution in [2.45, 2.75) is 31.0 Å². The number of aromatic hydroxyl groups is 1. The van der Waals surface area contributed by atoms with E-state index in [0.29, 0.717) is 0 Å². The van der Waals surface area contributed by atoms with Gasteiger partial charge in [0.15, 0.2) is 40.4 Å². The third kappa shape index (κ3) is 2.49. The highest BCUT2D eigenvalue weighted by atomic mass is 35.5. The van der Waals surface area contributed by atoms with Crippen LogP contribution in [0.4, 0.5) is 5.69 Å². The van der Waals surface area contributed by atoms with Crippen LogP contribution in [0.25, 0.3) is 0 Å². The monoisotopic (exact) mass is 450 g/mol. The molecule has 0 radical (unpaired) electrons. The number of halogens is 1. The summed E-state index contributed by atoms with van der Waals surface area (Å²) in [5.74, 6) is -13.7. The van der Waals surface area contributed by atoms with Gasteiger partial charge in [-0.25, -0.2) is 0 Å². The van der Waals surface area contributed by atoms with Crippen LogP contribution < -0.4 is 11.5 Å². The number of fused-ring (bicyclic) bond motifs is 3. The van der Waals surface area contributed by atoms with Crippen molar-refractivity contribution < 1.29 is 39.3 Å². The molecule has 0 spiro atoms. The molecule has 2 fully saturated rings. The fourth-order valence-corrected chi connectivity index (χ4v) is 5.61. The number of amides is 1. The number of anilines is 1. The zero-order valence-corrected chi connectivity index (χ0v) is 16.9. The van der Waals surface area contributed by atoms with Crippen LogP contribution in [-0.4, -0.2) is 56.1 Å². The summed E-state index contributed by atoms with van der Waals surface area (Å²) in [6.45, 7) is 1.58. The second kappa shape index (κ2) is 6.59. The maximum Gasteiger partial charge on any atom is 0.235 e. The number of ketones is 4. The summed E-state index contributed by atoms with van der Waals surface area (Å²) >= 11 is 6.02. The molecule has 0 saturated heterocycles. The molecule has 1 aromatic carbocycles. The summed E-state index contributed by atoms with van der Waals surface area (Å²) < 4.78 is 0. The number of carbonyl (C=O) groups excluding carboxylic acids is 5. The molecule has 31 heavy (non-hydrogen) atoms. The first-order valence-electron chi connectivity index (χ1n) is 9.51. The minimum absolute atomic E-state index is 0.0326. The van der Waals surface area contributed by atoms with Gasteiger partial charge in [-0.2, -0.15) is 0 Å². The van der Waals surface area contributed by atoms with Gasteiger partial charge in [-0.05, 0) is 17.5 Å². The number of nitrogen functional groups attached to an aromatic ring is 1. The first-order valence-corrected chi connectivity index (χ1v) is 9.89. The molecular formula is C20H19ClN2O8. The van der Waals surface area contributed by atoms with Crippen LogP contribution in [0.1, 0.15) is 35.2 Å². The second-order valence-electron chi connectivity index (χ2n) is 8.39. The van der Waals surface area contributed by atoms with E-state index < -0.39 is 82.5 Å². The Labute approximate surface area is 180 Å². The normalized spacial score (nSPS) is 37.2. The molecule has 2 unspecified atom stereocenters. The van der Waals surface area contributed by atoms with Gasteiger partial charge in [-0.3, -0.25) is 24.0 Å². The van der Waals surface area contributed by atoms with E-state index >= 15 is 0 Å². The lowest BCUT2D eigenvalue weighted by Crippen LogP contribution is -2.72. The summed E-state index contributed by atoms with van der Waals surface area (Å²) in [6, 6.07) is 1.35. The lowest BCUT2D eigenvalue weighted by molar-refractivity contribution is -0.189. The first kappa shape index (κ1) is 21.4. The minimum atomic E-state index is -2.95. The maximum atomic E-state index is 13.4. The average Bonchev–Trinajstić information content (AvgIpc) is 2.69. The summed E-state index contributed by atoms with van der Waals surface area (Å²) in [5.41, 5.74) is 7.53. The van der Waals surface area contributed by atoms with E-state index in [4.69, 9.17) is 23.1 Å². The van der Waals surface area contributed by atoms with Gasteiger partial charge in [0.25, 0.3) is 0 Å². The Morgan fingerprint density at radius 1 is 1.23 bits per heavy atom. The van der Waals surface area contributed by atoms with Crippen molar-refractivity contribution >= 4 is 46.3 Å². The van der Waals surface area contributed by atoms with Crippen molar-refractivity contribution in [2.24, 2.45) is 29.4 Å². The Balaban J connectivity index is 1.92. The third-order valence-corrected chi connectivity index (χ3v) is 7.28. The van der Waals surface area contributed by atoms with E-state index in [2.05, 4.69) is 0 Å². The SMILES string of the molecule is C[C@H]1c2cc(Cl)c(N)c(O)c2C(=O)C2C(=O)[C@]3(O)C(=O)C(C(N)=O)C(=O)C[C@@H]3[C@H](O)[C@@H]21. The summed E-state index contributed by atoms with van der Waals surface area (Å²) in [5, 5.41) is 32.5. The molecule has 10 nitrogen and oxygen atoms in total. The smallest absolute Gasteiger partial charge is 0.235 e. The van der Waals surface area contributed by atoms with Gasteiger partial charge in [0.2, 0.25) is 5.91 Å². The van der Waals surface area contributed by atoms with Crippen LogP contribution in [0.15, 0.2) is 6.07 Å². The highest BCUT2D eigenvalue weighted by Gasteiger charge is 2.69. The molecule has 0 bridgehead atoms. The highest BCUT2D eigenvalue weighted by Crippen LogP contribution is 2.55. The van der Waals surface area contributed by atoms with Gasteiger partial charge in [0.05, 0.1) is 28.3 Å². The summed E-state index contributed by atoms with van der Waals surface area (Å²) in [4.78, 5) is 63.5. The number of carbonyl (C=O) groups is 5. The number of hydrogen-bond donors (Lipinski definition) is 5. The maximum absolute atomic E-state index is 13.4. The molecule has 3 aliphatic rings. The molecule has 11 heteroatoms. The zero-order valence-electron chi connectivity index (χ0n) is 16.2. The van der Waals surface area contributed by atoms with E-state index in [1.54, 1.807) is 6.92 Å². The number of phenols is 1. The Hall–Kier alpha value is -2.82. The number of Topliss-reactive ketones (excluding diaryl/α,β-unsaturated/α-hetero) is 4. The Morgan fingerprint density at radius 2 is 1.84 bits per heavy atom. The molecule has 7 atom stereocenters. The number of aliphatic hydroxyl groups is 2. The van der Waals surface area contributed by atoms with Gasteiger partial charge < -0.3 is 26.8 Å². The molecular weight excluding hydrogens is 432 g/mol. The fraction of sp³-hybridized carbons (Fsp3) is 0.450. The van der Waals surface area contributed by atoms with E-state index in [1.807, 2.05) is 0 Å². The lowest BCUT2D eigenvalue weighted by atomic mass is 9.50. The van der Waals surface area contributed by atoms with E-state index in [-0.39, 0.29) is 21.8 Å². The van der Waals surface area contributed by atoms with Gasteiger partial charge in [-0.1, -0.05) is 18.5 Å². The molecule has 164 valence electrons. The Bertz CT molecular complexity index is 1100. The predicted octanol–water partition coefficient (Wildman–Crippen LogP) is -0.906. The molecule has 1 amide bonds. The van der Waals surface area contributed by atoms with Gasteiger partial charge in [0, 0.05) is 18.3 Å². The number of hydrogen-bond acceptors (Lipinski definition) is 9. The molecule has 1 aromatic rings. The Kier molecular flexibility index (Phi) is 4.55. The van der Waals surface area contributed by atoms with Crippen LogP contribution in [-0.2, 0) is 19.2 Å². The van der Waals surface area contributed by atoms with Crippen molar-refractivity contribution in [3.05, 3.63) is 22.2 Å². The van der Waals surface area contributed by atoms with E-state index in [0.717, 1.165) is 0 Å². The molecule has 3 aliphatic carbocycles. The van der Waals surface area contributed by atoms with E-state index in [9.17, 15) is 39.3 Å². The van der Waals surface area contributed by atoms with Crippen LogP contribution >= 0.6 is 11.6 Å². The van der Waals surface area contributed by atoms with Crippen molar-refractivity contribution in [3.63, 3.8) is 0 Å². The van der Waals surface area contributed by atoms with Crippen molar-refractivity contribution in [3.8, 4) is 5.75 Å². The second-order valence-corrected chi connectivity index (χ2v) is 8.80. The molecule has 0 heterocycles. The average molecular weight is 451 g/mol. The lowest BCUT2D eigenvalue weighted by Gasteiger charge is -2.52. The van der Waals surface area contributed by atoms with Gasteiger partial charge >= 0.3 is 0 Å². The number of primary amides is 1. The van der Waals surface area contributed by atoms with Gasteiger partial charge in [0.1, 0.15) is 0 Å². The van der Waals surface area contributed by atoms with Crippen molar-refractivity contribution in [1.82, 2.24) is 0 Å². The number of benzene rings is 1. The summed E-state index contributed by atoms with van der Waals surface area (Å²) in [6.07, 6.45) is -2.27. The molecule has 4 rings (SSSR count). The van der Waals surface area contributed by atoms with Crippen molar-refractivity contribution in [1.29, 1.82) is 0 Å². The van der Waals surface area contributed by atoms with E-state index in [1.165, 1.54) is 6.07 Å². The predicted molar refractivity (Wildman–Crippen MR) is 104 cm³/mol. The van der Waals surface area contributed by atoms with Crippen molar-refractivity contribution in [2.75, 3.05) is 5.73 Å². The highest BCUT2D eigenvalue weighted by molar-refractivity contribution is 6.35. The molecule has 7 N–H and O–H groups in total. The van der Waals surface area contributed by atoms with Crippen LogP contribution in [0.5, 0.6) is 5.75 Å². The number of phenolic OH excluding ortho intramolecular Hbond substituents is 1. The summed E-state index contributed by atoms with van der Waals surface area (Å²) in [7, 11) is 0. The third-order valence-electron chi connectivity index (χ3n) is 6.97. The number of nitrogens with two attached hydrogens (primary N) is 2. The van der Waals surface area contributed by atoms with Crippen LogP contribution in [0.3, 0.4) is 0 Å². The first-order chi connectivity index (χ1) is 14.3. The molecule has 0 aromatic heterocycles.